The Labute approximate surface area is 103 Å². The van der Waals surface area contributed by atoms with E-state index in [1.165, 1.54) is 12.1 Å². The standard InChI is InChI=1S/C13H10ClF2N/c14-13-2-1-8(3-10(13)7-17)9-4-11(15)6-12(16)5-9/h1-6H,7,17H2. The van der Waals surface area contributed by atoms with Crippen molar-refractivity contribution >= 4 is 11.6 Å². The molecule has 0 radical (unpaired) electrons. The average molecular weight is 254 g/mol. The zero-order valence-electron chi connectivity index (χ0n) is 8.88. The van der Waals surface area contributed by atoms with E-state index in [4.69, 9.17) is 17.3 Å². The largest absolute Gasteiger partial charge is 0.326 e. The first-order valence-corrected chi connectivity index (χ1v) is 5.43. The molecule has 0 aliphatic carbocycles. The molecule has 0 aromatic heterocycles. The maximum atomic E-state index is 13.1. The smallest absolute Gasteiger partial charge is 0.126 e. The second-order valence-electron chi connectivity index (χ2n) is 3.67. The summed E-state index contributed by atoms with van der Waals surface area (Å²) in [5.41, 5.74) is 7.42. The van der Waals surface area contributed by atoms with Crippen molar-refractivity contribution in [1.82, 2.24) is 0 Å². The van der Waals surface area contributed by atoms with Crippen LogP contribution in [0.5, 0.6) is 0 Å². The molecule has 0 amide bonds. The lowest BCUT2D eigenvalue weighted by Gasteiger charge is -2.06. The van der Waals surface area contributed by atoms with E-state index in [1.54, 1.807) is 18.2 Å². The molecule has 0 atom stereocenters. The second kappa shape index (κ2) is 4.82. The monoisotopic (exact) mass is 253 g/mol. The highest BCUT2D eigenvalue weighted by Crippen LogP contribution is 2.26. The number of hydrogen-bond donors (Lipinski definition) is 1. The highest BCUT2D eigenvalue weighted by atomic mass is 35.5. The summed E-state index contributed by atoms with van der Waals surface area (Å²) in [7, 11) is 0. The first-order chi connectivity index (χ1) is 8.10. The second-order valence-corrected chi connectivity index (χ2v) is 4.08. The molecule has 2 N–H and O–H groups in total. The van der Waals surface area contributed by atoms with Gasteiger partial charge in [-0.1, -0.05) is 17.7 Å². The van der Waals surface area contributed by atoms with Gasteiger partial charge in [0.2, 0.25) is 0 Å². The van der Waals surface area contributed by atoms with Gasteiger partial charge in [0.25, 0.3) is 0 Å². The molecule has 2 aromatic rings. The Morgan fingerprint density at radius 2 is 1.59 bits per heavy atom. The molecule has 0 unspecified atom stereocenters. The van der Waals surface area contributed by atoms with Crippen molar-refractivity contribution in [3.8, 4) is 11.1 Å². The van der Waals surface area contributed by atoms with Crippen LogP contribution in [0, 0.1) is 11.6 Å². The molecule has 0 saturated heterocycles. The third-order valence-corrected chi connectivity index (χ3v) is 2.83. The normalized spacial score (nSPS) is 10.6. The third kappa shape index (κ3) is 2.62. The van der Waals surface area contributed by atoms with Crippen molar-refractivity contribution in [3.63, 3.8) is 0 Å². The first kappa shape index (κ1) is 12.0. The van der Waals surface area contributed by atoms with E-state index >= 15 is 0 Å². The molecule has 1 nitrogen and oxygen atoms in total. The molecule has 88 valence electrons. The van der Waals surface area contributed by atoms with Crippen LogP contribution in [0.1, 0.15) is 5.56 Å². The maximum Gasteiger partial charge on any atom is 0.126 e. The number of halogens is 3. The Kier molecular flexibility index (Phi) is 3.41. The maximum absolute atomic E-state index is 13.1. The van der Waals surface area contributed by atoms with Crippen molar-refractivity contribution in [2.75, 3.05) is 0 Å². The van der Waals surface area contributed by atoms with Gasteiger partial charge >= 0.3 is 0 Å². The van der Waals surface area contributed by atoms with Crippen molar-refractivity contribution in [1.29, 1.82) is 0 Å². The van der Waals surface area contributed by atoms with E-state index < -0.39 is 11.6 Å². The van der Waals surface area contributed by atoms with Crippen molar-refractivity contribution in [2.45, 2.75) is 6.54 Å². The topological polar surface area (TPSA) is 26.0 Å². The van der Waals surface area contributed by atoms with E-state index in [0.717, 1.165) is 11.6 Å². The van der Waals surface area contributed by atoms with Gasteiger partial charge in [-0.15, -0.1) is 0 Å². The summed E-state index contributed by atoms with van der Waals surface area (Å²) in [6.45, 7) is 0.282. The van der Waals surface area contributed by atoms with E-state index in [0.29, 0.717) is 16.1 Å². The van der Waals surface area contributed by atoms with Crippen LogP contribution in [0.2, 0.25) is 5.02 Å². The minimum Gasteiger partial charge on any atom is -0.326 e. The fourth-order valence-electron chi connectivity index (χ4n) is 1.63. The van der Waals surface area contributed by atoms with Gasteiger partial charge < -0.3 is 5.73 Å². The van der Waals surface area contributed by atoms with Crippen LogP contribution in [-0.2, 0) is 6.54 Å². The van der Waals surface area contributed by atoms with Crippen molar-refractivity contribution in [3.05, 3.63) is 58.6 Å². The number of hydrogen-bond acceptors (Lipinski definition) is 1. The van der Waals surface area contributed by atoms with E-state index in [-0.39, 0.29) is 6.54 Å². The molecule has 0 aliphatic rings. The quantitative estimate of drug-likeness (QED) is 0.867. The molecule has 0 saturated carbocycles. The molecule has 2 aromatic carbocycles. The number of nitrogens with two attached hydrogens (primary N) is 1. The summed E-state index contributed by atoms with van der Waals surface area (Å²) < 4.78 is 26.2. The van der Waals surface area contributed by atoms with Crippen molar-refractivity contribution in [2.24, 2.45) is 5.73 Å². The minimum atomic E-state index is -0.607. The van der Waals surface area contributed by atoms with Crippen LogP contribution in [0.15, 0.2) is 36.4 Å². The molecule has 0 spiro atoms. The fourth-order valence-corrected chi connectivity index (χ4v) is 1.83. The zero-order valence-corrected chi connectivity index (χ0v) is 9.64. The molecule has 4 heteroatoms. The summed E-state index contributed by atoms with van der Waals surface area (Å²) in [6.07, 6.45) is 0. The van der Waals surface area contributed by atoms with Crippen molar-refractivity contribution < 1.29 is 8.78 Å². The van der Waals surface area contributed by atoms with Crippen LogP contribution in [-0.4, -0.2) is 0 Å². The summed E-state index contributed by atoms with van der Waals surface area (Å²) in [5, 5.41) is 0.549. The summed E-state index contributed by atoms with van der Waals surface area (Å²) >= 11 is 5.92. The molecule has 0 aliphatic heterocycles. The molecule has 0 heterocycles. The van der Waals surface area contributed by atoms with Gasteiger partial charge in [0.05, 0.1) is 0 Å². The molecule has 2 rings (SSSR count). The predicted octanol–water partition coefficient (Wildman–Crippen LogP) is 3.74. The van der Waals surface area contributed by atoms with E-state index in [2.05, 4.69) is 0 Å². The zero-order chi connectivity index (χ0) is 12.4. The Hall–Kier alpha value is -1.45. The molecule has 17 heavy (non-hydrogen) atoms. The van der Waals surface area contributed by atoms with E-state index in [9.17, 15) is 8.78 Å². The van der Waals surface area contributed by atoms with Gasteiger partial charge in [0.15, 0.2) is 0 Å². The first-order valence-electron chi connectivity index (χ1n) is 5.05. The minimum absolute atomic E-state index is 0.282. The van der Waals surface area contributed by atoms with Gasteiger partial charge in [-0.25, -0.2) is 8.78 Å². The van der Waals surface area contributed by atoms with Crippen LogP contribution in [0.4, 0.5) is 8.78 Å². The lowest BCUT2D eigenvalue weighted by Crippen LogP contribution is -1.97. The Bertz CT molecular complexity index is 535. The molecule has 0 bridgehead atoms. The SMILES string of the molecule is NCc1cc(-c2cc(F)cc(F)c2)ccc1Cl. The fraction of sp³-hybridized carbons (Fsp3) is 0.0769. The van der Waals surface area contributed by atoms with Crippen LogP contribution >= 0.6 is 11.6 Å². The summed E-state index contributed by atoms with van der Waals surface area (Å²) in [5.74, 6) is -1.21. The molecular weight excluding hydrogens is 244 g/mol. The van der Waals surface area contributed by atoms with Gasteiger partial charge in [0.1, 0.15) is 11.6 Å². The lowest BCUT2D eigenvalue weighted by molar-refractivity contribution is 0.584. The van der Waals surface area contributed by atoms with Crippen LogP contribution in [0.3, 0.4) is 0 Å². The summed E-state index contributed by atoms with van der Waals surface area (Å²) in [6, 6.07) is 8.48. The summed E-state index contributed by atoms with van der Waals surface area (Å²) in [4.78, 5) is 0. The van der Waals surface area contributed by atoms with Gasteiger partial charge in [0, 0.05) is 17.6 Å². The Morgan fingerprint density at radius 3 is 2.18 bits per heavy atom. The predicted molar refractivity (Wildman–Crippen MR) is 64.7 cm³/mol. The van der Waals surface area contributed by atoms with Gasteiger partial charge in [-0.3, -0.25) is 0 Å². The highest BCUT2D eigenvalue weighted by Gasteiger charge is 2.05. The van der Waals surface area contributed by atoms with Gasteiger partial charge in [-0.05, 0) is 41.0 Å². The highest BCUT2D eigenvalue weighted by molar-refractivity contribution is 6.31. The number of rotatable bonds is 2. The Morgan fingerprint density at radius 1 is 0.941 bits per heavy atom. The van der Waals surface area contributed by atoms with Crippen LogP contribution < -0.4 is 5.73 Å². The van der Waals surface area contributed by atoms with Crippen LogP contribution in [0.25, 0.3) is 11.1 Å². The number of benzene rings is 2. The van der Waals surface area contributed by atoms with E-state index in [1.807, 2.05) is 0 Å². The third-order valence-electron chi connectivity index (χ3n) is 2.46. The molecular formula is C13H10ClF2N. The Balaban J connectivity index is 2.52. The average Bonchev–Trinajstić information content (AvgIpc) is 2.28. The molecule has 0 fully saturated rings. The lowest BCUT2D eigenvalue weighted by atomic mass is 10.0. The van der Waals surface area contributed by atoms with Gasteiger partial charge in [-0.2, -0.15) is 0 Å².